The normalized spacial score (nSPS) is 10.4. The van der Waals surface area contributed by atoms with Crippen LogP contribution >= 0.6 is 0 Å². The lowest BCUT2D eigenvalue weighted by atomic mass is 10.2. The smallest absolute Gasteiger partial charge is 0.254 e. The van der Waals surface area contributed by atoms with Crippen LogP contribution in [0.25, 0.3) is 11.4 Å². The van der Waals surface area contributed by atoms with Crippen molar-refractivity contribution in [2.75, 3.05) is 10.6 Å². The predicted molar refractivity (Wildman–Crippen MR) is 108 cm³/mol. The lowest BCUT2D eigenvalue weighted by molar-refractivity contribution is -0.117. The fourth-order valence-corrected chi connectivity index (χ4v) is 2.78. The van der Waals surface area contributed by atoms with Crippen LogP contribution < -0.4 is 16.2 Å². The molecule has 0 atom stereocenters. The number of anilines is 2. The van der Waals surface area contributed by atoms with Gasteiger partial charge in [-0.1, -0.05) is 0 Å². The summed E-state index contributed by atoms with van der Waals surface area (Å²) < 4.78 is 14.5. The van der Waals surface area contributed by atoms with Crippen LogP contribution in [0.1, 0.15) is 12.6 Å². The van der Waals surface area contributed by atoms with Gasteiger partial charge in [0, 0.05) is 35.6 Å². The van der Waals surface area contributed by atoms with Gasteiger partial charge in [0.2, 0.25) is 11.8 Å². The molecule has 0 bridgehead atoms. The number of aromatic nitrogens is 2. The molecule has 3 rings (SSSR count). The molecule has 0 unspecified atom stereocenters. The third-order valence-electron chi connectivity index (χ3n) is 4.03. The predicted octanol–water partition coefficient (Wildman–Crippen LogP) is 2.95. The average molecular weight is 394 g/mol. The minimum absolute atomic E-state index is 0.193. The molecule has 0 aliphatic carbocycles. The summed E-state index contributed by atoms with van der Waals surface area (Å²) >= 11 is 0. The van der Waals surface area contributed by atoms with E-state index in [-0.39, 0.29) is 23.8 Å². The van der Waals surface area contributed by atoms with Gasteiger partial charge in [-0.3, -0.25) is 19.0 Å². The van der Waals surface area contributed by atoms with Crippen molar-refractivity contribution in [3.8, 4) is 11.4 Å². The molecule has 0 fully saturated rings. The molecule has 2 amide bonds. The van der Waals surface area contributed by atoms with Crippen LogP contribution in [0.4, 0.5) is 15.8 Å². The summed E-state index contributed by atoms with van der Waals surface area (Å²) in [6.07, 6.45) is 0. The fraction of sp³-hybridized carbons (Fsp3) is 0.143. The number of aryl methyl sites for hydroxylation is 1. The molecule has 0 aliphatic heterocycles. The van der Waals surface area contributed by atoms with Crippen molar-refractivity contribution in [3.63, 3.8) is 0 Å². The largest absolute Gasteiger partial charge is 0.326 e. The van der Waals surface area contributed by atoms with Crippen molar-refractivity contribution in [2.45, 2.75) is 20.4 Å². The number of benzene rings is 2. The van der Waals surface area contributed by atoms with Gasteiger partial charge < -0.3 is 10.6 Å². The van der Waals surface area contributed by atoms with E-state index in [0.717, 1.165) is 0 Å². The van der Waals surface area contributed by atoms with E-state index in [1.54, 1.807) is 31.2 Å². The number of nitrogens with zero attached hydrogens (tertiary/aromatic N) is 2. The average Bonchev–Trinajstić information content (AvgIpc) is 2.65. The third kappa shape index (κ3) is 5.13. The van der Waals surface area contributed by atoms with Crippen LogP contribution in [0.2, 0.25) is 0 Å². The van der Waals surface area contributed by atoms with E-state index in [4.69, 9.17) is 0 Å². The standard InChI is InChI=1S/C21H19FN4O3/c1-13-11-20(29)26(21(23-13)15-3-5-16(22)6-4-15)12-19(28)25-18-9-7-17(8-10-18)24-14(2)27/h3-11H,12H2,1-2H3,(H,24,27)(H,25,28). The van der Waals surface area contributed by atoms with Crippen LogP contribution in [0.15, 0.2) is 59.4 Å². The molecule has 29 heavy (non-hydrogen) atoms. The van der Waals surface area contributed by atoms with Crippen LogP contribution in [0, 0.1) is 12.7 Å². The van der Waals surface area contributed by atoms with E-state index in [0.29, 0.717) is 22.6 Å². The Hall–Kier alpha value is -3.81. The van der Waals surface area contributed by atoms with Gasteiger partial charge in [-0.25, -0.2) is 9.37 Å². The first kappa shape index (κ1) is 19.9. The first-order valence-corrected chi connectivity index (χ1v) is 8.84. The zero-order chi connectivity index (χ0) is 21.0. The zero-order valence-electron chi connectivity index (χ0n) is 15.9. The molecule has 0 saturated heterocycles. The molecule has 2 N–H and O–H groups in total. The first-order chi connectivity index (χ1) is 13.8. The molecular weight excluding hydrogens is 375 g/mol. The van der Waals surface area contributed by atoms with E-state index < -0.39 is 11.7 Å². The lowest BCUT2D eigenvalue weighted by Gasteiger charge is -2.13. The molecule has 0 aliphatic rings. The van der Waals surface area contributed by atoms with Crippen molar-refractivity contribution < 1.29 is 14.0 Å². The summed E-state index contributed by atoms with van der Waals surface area (Å²) in [5.41, 5.74) is 1.76. The molecule has 3 aromatic rings. The molecule has 2 aromatic carbocycles. The van der Waals surface area contributed by atoms with Gasteiger partial charge in [0.25, 0.3) is 5.56 Å². The Kier molecular flexibility index (Phi) is 5.82. The molecular formula is C21H19FN4O3. The highest BCUT2D eigenvalue weighted by atomic mass is 19.1. The molecule has 0 radical (unpaired) electrons. The fourth-order valence-electron chi connectivity index (χ4n) is 2.78. The number of halogens is 1. The summed E-state index contributed by atoms with van der Waals surface area (Å²) in [5, 5.41) is 5.34. The van der Waals surface area contributed by atoms with Crippen LogP contribution in [-0.2, 0) is 16.1 Å². The summed E-state index contributed by atoms with van der Waals surface area (Å²) in [6.45, 7) is 2.82. The second-order valence-electron chi connectivity index (χ2n) is 6.46. The Morgan fingerprint density at radius 1 is 1.00 bits per heavy atom. The third-order valence-corrected chi connectivity index (χ3v) is 4.03. The van der Waals surface area contributed by atoms with E-state index in [1.807, 2.05) is 0 Å². The van der Waals surface area contributed by atoms with Crippen LogP contribution in [0.3, 0.4) is 0 Å². The second-order valence-corrected chi connectivity index (χ2v) is 6.46. The minimum Gasteiger partial charge on any atom is -0.326 e. The highest BCUT2D eigenvalue weighted by molar-refractivity contribution is 5.92. The van der Waals surface area contributed by atoms with E-state index in [1.165, 1.54) is 41.8 Å². The SMILES string of the molecule is CC(=O)Nc1ccc(NC(=O)Cn2c(-c3ccc(F)cc3)nc(C)cc2=O)cc1. The van der Waals surface area contributed by atoms with E-state index in [2.05, 4.69) is 15.6 Å². The van der Waals surface area contributed by atoms with Crippen molar-refractivity contribution in [1.82, 2.24) is 9.55 Å². The van der Waals surface area contributed by atoms with Crippen molar-refractivity contribution in [3.05, 3.63) is 76.5 Å². The molecule has 0 spiro atoms. The number of rotatable bonds is 5. The summed E-state index contributed by atoms with van der Waals surface area (Å²) in [6, 6.07) is 13.5. The Balaban J connectivity index is 1.82. The number of carbonyl (C=O) groups is 2. The van der Waals surface area contributed by atoms with E-state index in [9.17, 15) is 18.8 Å². The van der Waals surface area contributed by atoms with Gasteiger partial charge in [0.05, 0.1) is 0 Å². The van der Waals surface area contributed by atoms with Gasteiger partial charge in [-0.15, -0.1) is 0 Å². The summed E-state index contributed by atoms with van der Waals surface area (Å²) in [7, 11) is 0. The quantitative estimate of drug-likeness (QED) is 0.696. The Bertz CT molecular complexity index is 1110. The molecule has 1 heterocycles. The highest BCUT2D eigenvalue weighted by Crippen LogP contribution is 2.17. The summed E-state index contributed by atoms with van der Waals surface area (Å²) in [5.74, 6) is -0.739. The van der Waals surface area contributed by atoms with Gasteiger partial charge in [0.1, 0.15) is 18.2 Å². The van der Waals surface area contributed by atoms with Crippen molar-refractivity contribution in [1.29, 1.82) is 0 Å². The number of nitrogens with one attached hydrogen (secondary N) is 2. The van der Waals surface area contributed by atoms with Crippen LogP contribution in [-0.4, -0.2) is 21.4 Å². The van der Waals surface area contributed by atoms with Crippen molar-refractivity contribution >= 4 is 23.2 Å². The second kappa shape index (κ2) is 8.47. The zero-order valence-corrected chi connectivity index (χ0v) is 15.9. The molecule has 0 saturated carbocycles. The molecule has 7 nitrogen and oxygen atoms in total. The Labute approximate surface area is 166 Å². The van der Waals surface area contributed by atoms with Gasteiger partial charge in [-0.2, -0.15) is 0 Å². The maximum atomic E-state index is 13.2. The number of amides is 2. The number of hydrogen-bond acceptors (Lipinski definition) is 4. The van der Waals surface area contributed by atoms with Crippen LogP contribution in [0.5, 0.6) is 0 Å². The Morgan fingerprint density at radius 3 is 2.17 bits per heavy atom. The maximum Gasteiger partial charge on any atom is 0.254 e. The van der Waals surface area contributed by atoms with Gasteiger partial charge in [-0.05, 0) is 55.5 Å². The van der Waals surface area contributed by atoms with Gasteiger partial charge >= 0.3 is 0 Å². The van der Waals surface area contributed by atoms with Crippen molar-refractivity contribution in [2.24, 2.45) is 0 Å². The monoisotopic (exact) mass is 394 g/mol. The number of carbonyl (C=O) groups excluding carboxylic acids is 2. The van der Waals surface area contributed by atoms with Gasteiger partial charge in [0.15, 0.2) is 0 Å². The summed E-state index contributed by atoms with van der Waals surface area (Å²) in [4.78, 5) is 40.4. The molecule has 148 valence electrons. The molecule has 8 heteroatoms. The highest BCUT2D eigenvalue weighted by Gasteiger charge is 2.13. The minimum atomic E-state index is -0.423. The topological polar surface area (TPSA) is 93.1 Å². The maximum absolute atomic E-state index is 13.2. The lowest BCUT2D eigenvalue weighted by Crippen LogP contribution is -2.29. The Morgan fingerprint density at radius 2 is 1.59 bits per heavy atom. The first-order valence-electron chi connectivity index (χ1n) is 8.84. The van der Waals surface area contributed by atoms with E-state index >= 15 is 0 Å². The number of hydrogen-bond donors (Lipinski definition) is 2. The molecule has 1 aromatic heterocycles.